The van der Waals surface area contributed by atoms with Gasteiger partial charge in [-0.3, -0.25) is 4.79 Å². The molecule has 2 amide bonds. The number of nitrogens with one attached hydrogen (secondary N) is 1. The minimum absolute atomic E-state index is 0.0886. The van der Waals surface area contributed by atoms with E-state index >= 15 is 0 Å². The van der Waals surface area contributed by atoms with Gasteiger partial charge in [0.1, 0.15) is 0 Å². The Balaban J connectivity index is 2.55. The summed E-state index contributed by atoms with van der Waals surface area (Å²) in [5, 5.41) is 12.5. The van der Waals surface area contributed by atoms with Crippen molar-refractivity contribution in [3.63, 3.8) is 0 Å². The highest BCUT2D eigenvalue weighted by Gasteiger charge is 2.15. The molecule has 0 aromatic heterocycles. The average molecular weight is 333 g/mol. The van der Waals surface area contributed by atoms with Gasteiger partial charge in [0.2, 0.25) is 0 Å². The van der Waals surface area contributed by atoms with Crippen LogP contribution in [0.2, 0.25) is 10.0 Å². The highest BCUT2D eigenvalue weighted by atomic mass is 35.5. The SMILES string of the molecule is CC(Cc1c(Cl)cccc1Cl)NC(=O)N(C)CCC(=O)O. The fourth-order valence-corrected chi connectivity index (χ4v) is 2.32. The molecule has 0 saturated heterocycles. The lowest BCUT2D eigenvalue weighted by Gasteiger charge is -2.21. The molecule has 0 saturated carbocycles. The monoisotopic (exact) mass is 332 g/mol. The van der Waals surface area contributed by atoms with Gasteiger partial charge in [-0.2, -0.15) is 0 Å². The summed E-state index contributed by atoms with van der Waals surface area (Å²) in [4.78, 5) is 23.7. The molecule has 5 nitrogen and oxygen atoms in total. The largest absolute Gasteiger partial charge is 0.481 e. The van der Waals surface area contributed by atoms with E-state index in [0.717, 1.165) is 5.56 Å². The molecule has 1 aromatic rings. The van der Waals surface area contributed by atoms with Gasteiger partial charge in [0, 0.05) is 29.7 Å². The van der Waals surface area contributed by atoms with Gasteiger partial charge in [0.15, 0.2) is 0 Å². The van der Waals surface area contributed by atoms with Crippen molar-refractivity contribution in [2.75, 3.05) is 13.6 Å². The first-order valence-corrected chi connectivity index (χ1v) is 7.23. The van der Waals surface area contributed by atoms with Crippen LogP contribution in [0.5, 0.6) is 0 Å². The van der Waals surface area contributed by atoms with Crippen molar-refractivity contribution in [1.82, 2.24) is 10.2 Å². The number of nitrogens with zero attached hydrogens (tertiary/aromatic N) is 1. The second kappa shape index (κ2) is 8.10. The standard InChI is InChI=1S/C14H18Cl2N2O3/c1-9(8-10-11(15)4-3-5-12(10)16)17-14(21)18(2)7-6-13(19)20/h3-5,9H,6-8H2,1-2H3,(H,17,21)(H,19,20). The van der Waals surface area contributed by atoms with E-state index < -0.39 is 5.97 Å². The first-order valence-electron chi connectivity index (χ1n) is 6.47. The van der Waals surface area contributed by atoms with E-state index in [4.69, 9.17) is 28.3 Å². The van der Waals surface area contributed by atoms with Crippen LogP contribution in [0.25, 0.3) is 0 Å². The molecule has 0 aliphatic heterocycles. The van der Waals surface area contributed by atoms with Crippen molar-refractivity contribution < 1.29 is 14.7 Å². The molecule has 0 fully saturated rings. The minimum Gasteiger partial charge on any atom is -0.481 e. The number of rotatable bonds is 6. The van der Waals surface area contributed by atoms with Crippen LogP contribution in [0.3, 0.4) is 0 Å². The lowest BCUT2D eigenvalue weighted by Crippen LogP contribution is -2.43. The van der Waals surface area contributed by atoms with Crippen LogP contribution < -0.4 is 5.32 Å². The molecule has 116 valence electrons. The highest BCUT2D eigenvalue weighted by molar-refractivity contribution is 6.36. The molecular formula is C14H18Cl2N2O3. The van der Waals surface area contributed by atoms with Gasteiger partial charge in [-0.05, 0) is 31.0 Å². The molecule has 1 rings (SSSR count). The fraction of sp³-hybridized carbons (Fsp3) is 0.429. The third-order valence-corrected chi connectivity index (χ3v) is 3.66. The van der Waals surface area contributed by atoms with Crippen molar-refractivity contribution >= 4 is 35.2 Å². The number of carboxylic acid groups (broad SMARTS) is 1. The number of hydrogen-bond donors (Lipinski definition) is 2. The molecule has 0 heterocycles. The normalized spacial score (nSPS) is 11.8. The van der Waals surface area contributed by atoms with Crippen LogP contribution in [0.1, 0.15) is 18.9 Å². The molecule has 2 N–H and O–H groups in total. The van der Waals surface area contributed by atoms with E-state index in [2.05, 4.69) is 5.32 Å². The second-order valence-corrected chi connectivity index (χ2v) is 5.63. The Morgan fingerprint density at radius 1 is 1.33 bits per heavy atom. The summed E-state index contributed by atoms with van der Waals surface area (Å²) < 4.78 is 0. The highest BCUT2D eigenvalue weighted by Crippen LogP contribution is 2.25. The lowest BCUT2D eigenvalue weighted by atomic mass is 10.1. The molecule has 0 aliphatic rings. The second-order valence-electron chi connectivity index (χ2n) is 4.82. The molecule has 0 aliphatic carbocycles. The van der Waals surface area contributed by atoms with Crippen molar-refractivity contribution in [2.24, 2.45) is 0 Å². The molecule has 0 spiro atoms. The van der Waals surface area contributed by atoms with Crippen molar-refractivity contribution in [3.8, 4) is 0 Å². The number of aliphatic carboxylic acids is 1. The zero-order chi connectivity index (χ0) is 16.0. The zero-order valence-corrected chi connectivity index (χ0v) is 13.4. The molecule has 0 radical (unpaired) electrons. The maximum absolute atomic E-state index is 11.9. The summed E-state index contributed by atoms with van der Waals surface area (Å²) >= 11 is 12.2. The van der Waals surface area contributed by atoms with Crippen LogP contribution in [0, 0.1) is 0 Å². The summed E-state index contributed by atoms with van der Waals surface area (Å²) in [5.41, 5.74) is 0.779. The molecule has 21 heavy (non-hydrogen) atoms. The van der Waals surface area contributed by atoms with E-state index in [1.165, 1.54) is 4.90 Å². The third kappa shape index (κ3) is 5.81. The number of urea groups is 1. The van der Waals surface area contributed by atoms with Crippen LogP contribution >= 0.6 is 23.2 Å². The summed E-state index contributed by atoms with van der Waals surface area (Å²) in [5.74, 6) is -0.939. The average Bonchev–Trinajstić information content (AvgIpc) is 2.40. The Hall–Kier alpha value is -1.46. The van der Waals surface area contributed by atoms with Gasteiger partial charge in [-0.15, -0.1) is 0 Å². The van der Waals surface area contributed by atoms with Crippen LogP contribution in [-0.2, 0) is 11.2 Å². The van der Waals surface area contributed by atoms with Crippen LogP contribution in [0.15, 0.2) is 18.2 Å². The molecule has 1 aromatic carbocycles. The smallest absolute Gasteiger partial charge is 0.317 e. The molecule has 1 atom stereocenters. The quantitative estimate of drug-likeness (QED) is 0.841. The number of halogens is 2. The third-order valence-electron chi connectivity index (χ3n) is 2.95. The Labute approximate surface area is 133 Å². The first-order chi connectivity index (χ1) is 9.81. The summed E-state index contributed by atoms with van der Waals surface area (Å²) in [6.45, 7) is 1.99. The van der Waals surface area contributed by atoms with E-state index in [0.29, 0.717) is 16.5 Å². The zero-order valence-electron chi connectivity index (χ0n) is 11.9. The van der Waals surface area contributed by atoms with E-state index in [-0.39, 0.29) is 25.0 Å². The van der Waals surface area contributed by atoms with Gasteiger partial charge in [-0.25, -0.2) is 4.79 Å². The van der Waals surface area contributed by atoms with Crippen LogP contribution in [-0.4, -0.2) is 41.6 Å². The number of amides is 2. The minimum atomic E-state index is -0.939. The summed E-state index contributed by atoms with van der Waals surface area (Å²) in [7, 11) is 1.55. The van der Waals surface area contributed by atoms with Gasteiger partial charge < -0.3 is 15.3 Å². The number of carboxylic acids is 1. The van der Waals surface area contributed by atoms with Crippen molar-refractivity contribution in [3.05, 3.63) is 33.8 Å². The predicted octanol–water partition coefficient (Wildman–Crippen LogP) is 3.04. The van der Waals surface area contributed by atoms with E-state index in [1.807, 2.05) is 6.92 Å². The van der Waals surface area contributed by atoms with Gasteiger partial charge in [0.25, 0.3) is 0 Å². The Bertz CT molecular complexity index is 503. The lowest BCUT2D eigenvalue weighted by molar-refractivity contribution is -0.137. The molecule has 1 unspecified atom stereocenters. The number of carbonyl (C=O) groups is 2. The summed E-state index contributed by atoms with van der Waals surface area (Å²) in [6.07, 6.45) is 0.408. The maximum atomic E-state index is 11.9. The van der Waals surface area contributed by atoms with E-state index in [9.17, 15) is 9.59 Å². The molecule has 7 heteroatoms. The fourth-order valence-electron chi connectivity index (χ4n) is 1.77. The maximum Gasteiger partial charge on any atom is 0.317 e. The molecule has 0 bridgehead atoms. The number of carbonyl (C=O) groups excluding carboxylic acids is 1. The van der Waals surface area contributed by atoms with Crippen LogP contribution in [0.4, 0.5) is 4.79 Å². The van der Waals surface area contributed by atoms with Gasteiger partial charge in [0.05, 0.1) is 6.42 Å². The number of benzene rings is 1. The Kier molecular flexibility index (Phi) is 6.78. The Morgan fingerprint density at radius 2 is 1.90 bits per heavy atom. The predicted molar refractivity (Wildman–Crippen MR) is 83.0 cm³/mol. The van der Waals surface area contributed by atoms with E-state index in [1.54, 1.807) is 25.2 Å². The number of hydrogen-bond acceptors (Lipinski definition) is 2. The topological polar surface area (TPSA) is 69.6 Å². The van der Waals surface area contributed by atoms with Crippen molar-refractivity contribution in [2.45, 2.75) is 25.8 Å². The van der Waals surface area contributed by atoms with Gasteiger partial charge >= 0.3 is 12.0 Å². The van der Waals surface area contributed by atoms with Crippen molar-refractivity contribution in [1.29, 1.82) is 0 Å². The summed E-state index contributed by atoms with van der Waals surface area (Å²) in [6, 6.07) is 4.75. The van der Waals surface area contributed by atoms with Gasteiger partial charge in [-0.1, -0.05) is 29.3 Å². The Morgan fingerprint density at radius 3 is 2.43 bits per heavy atom. The molecular weight excluding hydrogens is 315 g/mol. The first kappa shape index (κ1) is 17.6.